The molecule has 0 radical (unpaired) electrons. The number of amides is 2. The molecule has 0 heterocycles. The second kappa shape index (κ2) is 8.92. The molecule has 1 aromatic carbocycles. The largest absolute Gasteiger partial charge is 0.344 e. The molecule has 5 heteroatoms. The molecule has 0 bridgehead atoms. The quantitative estimate of drug-likeness (QED) is 0.825. The Bertz CT molecular complexity index is 544. The van der Waals surface area contributed by atoms with Crippen LogP contribution < -0.4 is 5.32 Å². The van der Waals surface area contributed by atoms with Crippen molar-refractivity contribution in [1.29, 1.82) is 0 Å². The van der Waals surface area contributed by atoms with Gasteiger partial charge >= 0.3 is 0 Å². The van der Waals surface area contributed by atoms with Crippen molar-refractivity contribution in [2.24, 2.45) is 11.8 Å². The molecule has 0 saturated heterocycles. The van der Waals surface area contributed by atoms with Crippen LogP contribution in [0.25, 0.3) is 0 Å². The Morgan fingerprint density at radius 2 is 1.78 bits per heavy atom. The minimum Gasteiger partial charge on any atom is -0.344 e. The van der Waals surface area contributed by atoms with Crippen LogP contribution in [0.1, 0.15) is 44.5 Å². The van der Waals surface area contributed by atoms with E-state index < -0.39 is 6.04 Å². The third-order valence-electron chi connectivity index (χ3n) is 3.76. The first-order valence-corrected chi connectivity index (χ1v) is 8.42. The maximum absolute atomic E-state index is 12.6. The second-order valence-electron chi connectivity index (χ2n) is 6.62. The van der Waals surface area contributed by atoms with Gasteiger partial charge < -0.3 is 10.2 Å². The summed E-state index contributed by atoms with van der Waals surface area (Å²) in [7, 11) is 1.78. The summed E-state index contributed by atoms with van der Waals surface area (Å²) in [6.07, 6.45) is 0.936. The lowest BCUT2D eigenvalue weighted by Gasteiger charge is -2.27. The number of hydrogen-bond acceptors (Lipinski definition) is 2. The van der Waals surface area contributed by atoms with Crippen molar-refractivity contribution in [3.8, 4) is 0 Å². The van der Waals surface area contributed by atoms with Crippen LogP contribution in [-0.2, 0) is 4.79 Å². The average molecular weight is 339 g/mol. The van der Waals surface area contributed by atoms with Gasteiger partial charge in [-0.05, 0) is 30.4 Å². The lowest BCUT2D eigenvalue weighted by Crippen LogP contribution is -2.50. The van der Waals surface area contributed by atoms with E-state index in [2.05, 4.69) is 19.2 Å². The Hall–Kier alpha value is -1.55. The van der Waals surface area contributed by atoms with Crippen molar-refractivity contribution in [3.05, 3.63) is 34.9 Å². The molecule has 0 aliphatic heterocycles. The molecule has 1 aromatic rings. The molecule has 0 fully saturated rings. The number of hydrogen-bond donors (Lipinski definition) is 1. The maximum atomic E-state index is 12.6. The Morgan fingerprint density at radius 3 is 2.30 bits per heavy atom. The Labute approximate surface area is 144 Å². The second-order valence-corrected chi connectivity index (χ2v) is 7.02. The normalized spacial score (nSPS) is 12.3. The molecule has 0 saturated carbocycles. The third-order valence-corrected chi connectivity index (χ3v) is 4.09. The molecule has 23 heavy (non-hydrogen) atoms. The number of benzene rings is 1. The van der Waals surface area contributed by atoms with Crippen molar-refractivity contribution in [3.63, 3.8) is 0 Å². The molecule has 1 N–H and O–H groups in total. The monoisotopic (exact) mass is 338 g/mol. The summed E-state index contributed by atoms with van der Waals surface area (Å²) in [5.41, 5.74) is 0.387. The van der Waals surface area contributed by atoms with E-state index in [-0.39, 0.29) is 17.7 Å². The van der Waals surface area contributed by atoms with Crippen LogP contribution in [-0.4, -0.2) is 36.3 Å². The van der Waals surface area contributed by atoms with Crippen LogP contribution in [0.4, 0.5) is 0 Å². The minimum absolute atomic E-state index is 0.00422. The molecular weight excluding hydrogens is 312 g/mol. The number of likely N-dealkylation sites (N-methyl/N-ethyl adjacent to an activating group) is 1. The highest BCUT2D eigenvalue weighted by Gasteiger charge is 2.27. The molecule has 1 atom stereocenters. The van der Waals surface area contributed by atoms with Crippen molar-refractivity contribution in [1.82, 2.24) is 10.2 Å². The highest BCUT2D eigenvalue weighted by Crippen LogP contribution is 2.16. The highest BCUT2D eigenvalue weighted by atomic mass is 35.5. The van der Waals surface area contributed by atoms with E-state index in [1.807, 2.05) is 13.8 Å². The van der Waals surface area contributed by atoms with Crippen LogP contribution in [0.15, 0.2) is 24.3 Å². The molecule has 0 aliphatic carbocycles. The van der Waals surface area contributed by atoms with Crippen LogP contribution in [0, 0.1) is 11.8 Å². The van der Waals surface area contributed by atoms with Crippen molar-refractivity contribution in [2.45, 2.75) is 40.2 Å². The van der Waals surface area contributed by atoms with Gasteiger partial charge in [0.1, 0.15) is 6.04 Å². The summed E-state index contributed by atoms with van der Waals surface area (Å²) in [6, 6.07) is 6.28. The van der Waals surface area contributed by atoms with E-state index in [0.29, 0.717) is 23.0 Å². The fourth-order valence-electron chi connectivity index (χ4n) is 2.18. The number of nitrogens with zero attached hydrogens (tertiary/aromatic N) is 1. The zero-order valence-electron chi connectivity index (χ0n) is 14.6. The van der Waals surface area contributed by atoms with E-state index in [1.165, 1.54) is 0 Å². The first-order valence-electron chi connectivity index (χ1n) is 8.04. The Kier molecular flexibility index (Phi) is 7.56. The predicted molar refractivity (Wildman–Crippen MR) is 94.6 cm³/mol. The minimum atomic E-state index is -0.559. The summed E-state index contributed by atoms with van der Waals surface area (Å²) in [5, 5.41) is 3.21. The zero-order chi connectivity index (χ0) is 17.6. The van der Waals surface area contributed by atoms with E-state index in [0.717, 1.165) is 6.42 Å². The fourth-order valence-corrected chi connectivity index (χ4v) is 2.40. The number of nitrogens with one attached hydrogen (secondary N) is 1. The molecule has 1 rings (SSSR count). The topological polar surface area (TPSA) is 49.4 Å². The summed E-state index contributed by atoms with van der Waals surface area (Å²) >= 11 is 6.05. The Balaban J connectivity index is 2.80. The summed E-state index contributed by atoms with van der Waals surface area (Å²) in [6.45, 7) is 8.77. The zero-order valence-corrected chi connectivity index (χ0v) is 15.4. The van der Waals surface area contributed by atoms with Gasteiger partial charge in [0.25, 0.3) is 5.91 Å². The smallest absolute Gasteiger partial charge is 0.253 e. The molecule has 0 aliphatic rings. The number of carbonyl (C=O) groups excluding carboxylic acids is 2. The lowest BCUT2D eigenvalue weighted by atomic mass is 10.0. The van der Waals surface area contributed by atoms with Gasteiger partial charge in [0, 0.05) is 13.6 Å². The van der Waals surface area contributed by atoms with E-state index in [9.17, 15) is 9.59 Å². The van der Waals surface area contributed by atoms with Crippen molar-refractivity contribution < 1.29 is 9.59 Å². The summed E-state index contributed by atoms with van der Waals surface area (Å²) < 4.78 is 0. The van der Waals surface area contributed by atoms with Gasteiger partial charge in [-0.3, -0.25) is 9.59 Å². The average Bonchev–Trinajstić information content (AvgIpc) is 2.49. The molecule has 4 nitrogen and oxygen atoms in total. The van der Waals surface area contributed by atoms with Gasteiger partial charge in [-0.25, -0.2) is 0 Å². The van der Waals surface area contributed by atoms with Crippen molar-refractivity contribution >= 4 is 23.4 Å². The van der Waals surface area contributed by atoms with E-state index in [4.69, 9.17) is 11.6 Å². The molecule has 2 amide bonds. The number of halogens is 1. The van der Waals surface area contributed by atoms with Gasteiger partial charge in [-0.2, -0.15) is 0 Å². The number of carbonyl (C=O) groups is 2. The molecule has 0 spiro atoms. The van der Waals surface area contributed by atoms with Crippen molar-refractivity contribution in [2.75, 3.05) is 13.6 Å². The van der Waals surface area contributed by atoms with Gasteiger partial charge in [-0.1, -0.05) is 51.4 Å². The van der Waals surface area contributed by atoms with E-state index >= 15 is 0 Å². The molecule has 128 valence electrons. The Morgan fingerprint density at radius 1 is 1.17 bits per heavy atom. The molecule has 1 unspecified atom stereocenters. The van der Waals surface area contributed by atoms with Gasteiger partial charge in [0.2, 0.25) is 5.91 Å². The SMILES string of the molecule is CC(C)CCN(C)C(=O)C(NC(=O)c1ccccc1Cl)C(C)C. The van der Waals surface area contributed by atoms with Crippen LogP contribution in [0.2, 0.25) is 5.02 Å². The molecule has 0 aromatic heterocycles. The number of rotatable bonds is 7. The van der Waals surface area contributed by atoms with E-state index in [1.54, 1.807) is 36.2 Å². The van der Waals surface area contributed by atoms with Gasteiger partial charge in [0.15, 0.2) is 0 Å². The van der Waals surface area contributed by atoms with Crippen LogP contribution >= 0.6 is 11.6 Å². The highest BCUT2D eigenvalue weighted by molar-refractivity contribution is 6.33. The van der Waals surface area contributed by atoms with Crippen LogP contribution in [0.3, 0.4) is 0 Å². The third kappa shape index (κ3) is 5.87. The summed E-state index contributed by atoms with van der Waals surface area (Å²) in [4.78, 5) is 26.7. The standard InChI is InChI=1S/C18H27ClN2O2/c1-12(2)10-11-21(5)18(23)16(13(3)4)20-17(22)14-8-6-7-9-15(14)19/h6-9,12-13,16H,10-11H2,1-5H3,(H,20,22). The maximum Gasteiger partial charge on any atom is 0.253 e. The summed E-state index contributed by atoms with van der Waals surface area (Å²) in [5.74, 6) is 0.136. The van der Waals surface area contributed by atoms with Crippen LogP contribution in [0.5, 0.6) is 0 Å². The fraction of sp³-hybridized carbons (Fsp3) is 0.556. The van der Waals surface area contributed by atoms with Gasteiger partial charge in [-0.15, -0.1) is 0 Å². The first-order chi connectivity index (χ1) is 10.7. The lowest BCUT2D eigenvalue weighted by molar-refractivity contribution is -0.133. The van der Waals surface area contributed by atoms with Gasteiger partial charge in [0.05, 0.1) is 10.6 Å². The first kappa shape index (κ1) is 19.5. The molecular formula is C18H27ClN2O2. The predicted octanol–water partition coefficient (Wildman–Crippen LogP) is 3.60.